The van der Waals surface area contributed by atoms with Crippen molar-refractivity contribution in [2.75, 3.05) is 19.6 Å². The Labute approximate surface area is 73.1 Å². The zero-order chi connectivity index (χ0) is 8.39. The first kappa shape index (κ1) is 8.05. The standard InChI is InChI=1S/C9H16N2O/c12-9-2-1-6-11(9)7-5-10-8-3-4-8/h8,10H,1-7H2. The highest BCUT2D eigenvalue weighted by Crippen LogP contribution is 2.18. The molecule has 1 heterocycles. The van der Waals surface area contributed by atoms with Crippen LogP contribution >= 0.6 is 0 Å². The van der Waals surface area contributed by atoms with Crippen LogP contribution in [0.4, 0.5) is 0 Å². The van der Waals surface area contributed by atoms with Crippen molar-refractivity contribution in [1.82, 2.24) is 10.2 Å². The van der Waals surface area contributed by atoms with Crippen molar-refractivity contribution in [2.24, 2.45) is 0 Å². The lowest BCUT2D eigenvalue weighted by molar-refractivity contribution is -0.127. The van der Waals surface area contributed by atoms with Crippen LogP contribution in [0.15, 0.2) is 0 Å². The van der Waals surface area contributed by atoms with Crippen LogP contribution in [0.5, 0.6) is 0 Å². The second-order valence-corrected chi connectivity index (χ2v) is 3.71. The van der Waals surface area contributed by atoms with Crippen molar-refractivity contribution in [3.63, 3.8) is 0 Å². The normalized spacial score (nSPS) is 23.7. The van der Waals surface area contributed by atoms with Gasteiger partial charge in [0.2, 0.25) is 5.91 Å². The Morgan fingerprint density at radius 2 is 2.33 bits per heavy atom. The molecule has 0 unspecified atom stereocenters. The molecule has 0 aromatic carbocycles. The summed E-state index contributed by atoms with van der Waals surface area (Å²) in [6.07, 6.45) is 4.48. The van der Waals surface area contributed by atoms with E-state index >= 15 is 0 Å². The van der Waals surface area contributed by atoms with Gasteiger partial charge in [0.15, 0.2) is 0 Å². The summed E-state index contributed by atoms with van der Waals surface area (Å²) < 4.78 is 0. The van der Waals surface area contributed by atoms with E-state index in [9.17, 15) is 4.79 Å². The lowest BCUT2D eigenvalue weighted by Gasteiger charge is -2.15. The van der Waals surface area contributed by atoms with Crippen LogP contribution in [0.3, 0.4) is 0 Å². The minimum absolute atomic E-state index is 0.340. The van der Waals surface area contributed by atoms with E-state index in [0.29, 0.717) is 5.91 Å². The van der Waals surface area contributed by atoms with Crippen LogP contribution in [0.25, 0.3) is 0 Å². The lowest BCUT2D eigenvalue weighted by Crippen LogP contribution is -2.33. The molecular weight excluding hydrogens is 152 g/mol. The summed E-state index contributed by atoms with van der Waals surface area (Å²) in [5.41, 5.74) is 0. The van der Waals surface area contributed by atoms with E-state index in [-0.39, 0.29) is 0 Å². The maximum Gasteiger partial charge on any atom is 0.222 e. The van der Waals surface area contributed by atoms with Gasteiger partial charge in [-0.05, 0) is 19.3 Å². The van der Waals surface area contributed by atoms with Gasteiger partial charge in [-0.25, -0.2) is 0 Å². The molecule has 1 saturated heterocycles. The highest BCUT2D eigenvalue weighted by molar-refractivity contribution is 5.78. The van der Waals surface area contributed by atoms with Gasteiger partial charge in [-0.3, -0.25) is 4.79 Å². The third kappa shape index (κ3) is 1.97. The van der Waals surface area contributed by atoms with E-state index in [2.05, 4.69) is 5.32 Å². The third-order valence-corrected chi connectivity index (χ3v) is 2.56. The molecule has 1 saturated carbocycles. The number of carbonyl (C=O) groups is 1. The molecule has 2 rings (SSSR count). The zero-order valence-corrected chi connectivity index (χ0v) is 7.38. The van der Waals surface area contributed by atoms with Crippen LogP contribution in [-0.2, 0) is 4.79 Å². The molecule has 3 heteroatoms. The van der Waals surface area contributed by atoms with Gasteiger partial charge in [-0.15, -0.1) is 0 Å². The summed E-state index contributed by atoms with van der Waals surface area (Å²) in [7, 11) is 0. The first-order chi connectivity index (χ1) is 5.86. The second kappa shape index (κ2) is 3.44. The minimum atomic E-state index is 0.340. The van der Waals surface area contributed by atoms with Gasteiger partial charge in [0.05, 0.1) is 0 Å². The van der Waals surface area contributed by atoms with Crippen molar-refractivity contribution >= 4 is 5.91 Å². The van der Waals surface area contributed by atoms with Gasteiger partial charge in [0.25, 0.3) is 0 Å². The summed E-state index contributed by atoms with van der Waals surface area (Å²) in [5, 5.41) is 3.41. The molecule has 68 valence electrons. The molecule has 0 bridgehead atoms. The number of hydrogen-bond donors (Lipinski definition) is 1. The van der Waals surface area contributed by atoms with E-state index in [1.807, 2.05) is 4.90 Å². The highest BCUT2D eigenvalue weighted by Gasteiger charge is 2.22. The Bertz CT molecular complexity index is 177. The number of hydrogen-bond acceptors (Lipinski definition) is 2. The van der Waals surface area contributed by atoms with Gasteiger partial charge in [0, 0.05) is 32.1 Å². The molecule has 3 nitrogen and oxygen atoms in total. The Balaban J connectivity index is 1.61. The Hall–Kier alpha value is -0.570. The Morgan fingerprint density at radius 1 is 1.50 bits per heavy atom. The quantitative estimate of drug-likeness (QED) is 0.657. The molecule has 1 amide bonds. The van der Waals surface area contributed by atoms with Crippen molar-refractivity contribution in [3.05, 3.63) is 0 Å². The van der Waals surface area contributed by atoms with E-state index in [1.54, 1.807) is 0 Å². The third-order valence-electron chi connectivity index (χ3n) is 2.56. The fourth-order valence-corrected chi connectivity index (χ4v) is 1.63. The molecular formula is C9H16N2O. The molecule has 0 spiro atoms. The first-order valence-electron chi connectivity index (χ1n) is 4.87. The van der Waals surface area contributed by atoms with Gasteiger partial charge in [0.1, 0.15) is 0 Å². The fourth-order valence-electron chi connectivity index (χ4n) is 1.63. The lowest BCUT2D eigenvalue weighted by atomic mass is 10.4. The molecule has 12 heavy (non-hydrogen) atoms. The summed E-state index contributed by atoms with van der Waals surface area (Å²) >= 11 is 0. The predicted octanol–water partition coefficient (Wildman–Crippen LogP) is 0.361. The summed E-state index contributed by atoms with van der Waals surface area (Å²) in [6.45, 7) is 2.87. The van der Waals surface area contributed by atoms with Crippen molar-refractivity contribution in [1.29, 1.82) is 0 Å². The maximum atomic E-state index is 11.2. The highest BCUT2D eigenvalue weighted by atomic mass is 16.2. The van der Waals surface area contributed by atoms with Gasteiger partial charge in [-0.2, -0.15) is 0 Å². The maximum absolute atomic E-state index is 11.2. The van der Waals surface area contributed by atoms with Gasteiger partial charge >= 0.3 is 0 Å². The summed E-state index contributed by atoms with van der Waals surface area (Å²) in [4.78, 5) is 13.1. The van der Waals surface area contributed by atoms with Crippen molar-refractivity contribution < 1.29 is 4.79 Å². The number of amides is 1. The monoisotopic (exact) mass is 168 g/mol. The molecule has 0 aromatic rings. The average Bonchev–Trinajstić information content (AvgIpc) is 2.78. The number of carbonyl (C=O) groups excluding carboxylic acids is 1. The second-order valence-electron chi connectivity index (χ2n) is 3.71. The molecule has 2 fully saturated rings. The van der Waals surface area contributed by atoms with Crippen LogP contribution in [0.2, 0.25) is 0 Å². The van der Waals surface area contributed by atoms with Crippen molar-refractivity contribution in [2.45, 2.75) is 31.7 Å². The molecule has 1 aliphatic carbocycles. The fraction of sp³-hybridized carbons (Fsp3) is 0.889. The summed E-state index contributed by atoms with van der Waals surface area (Å²) in [5.74, 6) is 0.340. The summed E-state index contributed by atoms with van der Waals surface area (Å²) in [6, 6.07) is 0.766. The zero-order valence-electron chi connectivity index (χ0n) is 7.38. The van der Waals surface area contributed by atoms with Gasteiger partial charge < -0.3 is 10.2 Å². The number of nitrogens with zero attached hydrogens (tertiary/aromatic N) is 1. The minimum Gasteiger partial charge on any atom is -0.341 e. The van der Waals surface area contributed by atoms with Crippen LogP contribution in [0, 0.1) is 0 Å². The van der Waals surface area contributed by atoms with E-state index in [1.165, 1.54) is 12.8 Å². The van der Waals surface area contributed by atoms with Crippen molar-refractivity contribution in [3.8, 4) is 0 Å². The van der Waals surface area contributed by atoms with Crippen LogP contribution in [-0.4, -0.2) is 36.5 Å². The van der Waals surface area contributed by atoms with E-state index < -0.39 is 0 Å². The molecule has 0 atom stereocenters. The Morgan fingerprint density at radius 3 is 2.92 bits per heavy atom. The first-order valence-corrected chi connectivity index (χ1v) is 4.87. The van der Waals surface area contributed by atoms with E-state index in [0.717, 1.165) is 38.5 Å². The topological polar surface area (TPSA) is 32.3 Å². The smallest absolute Gasteiger partial charge is 0.222 e. The molecule has 0 aromatic heterocycles. The van der Waals surface area contributed by atoms with Crippen LogP contribution in [0.1, 0.15) is 25.7 Å². The van der Waals surface area contributed by atoms with Gasteiger partial charge in [-0.1, -0.05) is 0 Å². The molecule has 1 aliphatic heterocycles. The molecule has 1 N–H and O–H groups in total. The average molecular weight is 168 g/mol. The largest absolute Gasteiger partial charge is 0.341 e. The van der Waals surface area contributed by atoms with Crippen LogP contribution < -0.4 is 5.32 Å². The Kier molecular flexibility index (Phi) is 2.30. The number of nitrogens with one attached hydrogen (secondary N) is 1. The number of rotatable bonds is 4. The van der Waals surface area contributed by atoms with E-state index in [4.69, 9.17) is 0 Å². The SMILES string of the molecule is O=C1CCCN1CCNC1CC1. The molecule has 0 radical (unpaired) electrons. The predicted molar refractivity (Wildman–Crippen MR) is 46.8 cm³/mol. The molecule has 2 aliphatic rings. The number of likely N-dealkylation sites (tertiary alicyclic amines) is 1.